The van der Waals surface area contributed by atoms with Gasteiger partial charge in [-0.2, -0.15) is 0 Å². The van der Waals surface area contributed by atoms with E-state index in [0.29, 0.717) is 5.69 Å². The van der Waals surface area contributed by atoms with Crippen molar-refractivity contribution in [3.05, 3.63) is 24.0 Å². The van der Waals surface area contributed by atoms with Crippen molar-refractivity contribution in [2.75, 3.05) is 0 Å². The lowest BCUT2D eigenvalue weighted by molar-refractivity contribution is -0.142. The minimum absolute atomic E-state index is 0.0443. The Kier molecular flexibility index (Phi) is 2.71. The first kappa shape index (κ1) is 10.5. The van der Waals surface area contributed by atoms with E-state index in [1.54, 1.807) is 6.07 Å². The topological polar surface area (TPSA) is 96.4 Å². The molecule has 0 aromatic carbocycles. The second-order valence-electron chi connectivity index (χ2n) is 3.41. The number of carbonyl (C=O) groups is 1. The summed E-state index contributed by atoms with van der Waals surface area (Å²) in [5.74, 6) is -1.03. The number of aliphatic carboxylic acids is 1. The van der Waals surface area contributed by atoms with E-state index in [0.717, 1.165) is 0 Å². The molecule has 0 aliphatic heterocycles. The number of rotatable bonds is 3. The van der Waals surface area contributed by atoms with Gasteiger partial charge in [0, 0.05) is 12.1 Å². The minimum atomic E-state index is -1.33. The van der Waals surface area contributed by atoms with Crippen molar-refractivity contribution < 1.29 is 15.0 Å². The maximum absolute atomic E-state index is 10.7. The molecule has 0 saturated carbocycles. The molecule has 1 aromatic rings. The Morgan fingerprint density at radius 1 is 1.64 bits per heavy atom. The molecular formula is C9H12N2O3. The van der Waals surface area contributed by atoms with Crippen LogP contribution in [-0.2, 0) is 11.2 Å². The van der Waals surface area contributed by atoms with E-state index >= 15 is 0 Å². The van der Waals surface area contributed by atoms with Crippen LogP contribution in [-0.4, -0.2) is 26.7 Å². The molecule has 14 heavy (non-hydrogen) atoms. The quantitative estimate of drug-likeness (QED) is 0.638. The van der Waals surface area contributed by atoms with Crippen LogP contribution in [0, 0.1) is 0 Å². The van der Waals surface area contributed by atoms with Crippen molar-refractivity contribution in [1.29, 1.82) is 0 Å². The molecule has 0 amide bonds. The van der Waals surface area contributed by atoms with Gasteiger partial charge in [0.15, 0.2) is 0 Å². The predicted molar refractivity (Wildman–Crippen MR) is 49.8 cm³/mol. The van der Waals surface area contributed by atoms with Crippen LogP contribution < -0.4 is 5.73 Å². The van der Waals surface area contributed by atoms with Gasteiger partial charge in [0.25, 0.3) is 0 Å². The average molecular weight is 196 g/mol. The Hall–Kier alpha value is -1.62. The number of aromatic hydroxyl groups is 1. The summed E-state index contributed by atoms with van der Waals surface area (Å²) in [7, 11) is 0. The molecule has 0 aliphatic rings. The SMILES string of the molecule is CC(N)(Cc1ccc(O)cn1)C(=O)O. The molecule has 5 heteroatoms. The Bertz CT molecular complexity index is 332. The minimum Gasteiger partial charge on any atom is -0.506 e. The number of aromatic nitrogens is 1. The van der Waals surface area contributed by atoms with Gasteiger partial charge in [0.05, 0.1) is 6.20 Å². The van der Waals surface area contributed by atoms with E-state index in [1.807, 2.05) is 0 Å². The summed E-state index contributed by atoms with van der Waals surface area (Å²) < 4.78 is 0. The smallest absolute Gasteiger partial charge is 0.323 e. The van der Waals surface area contributed by atoms with E-state index in [-0.39, 0.29) is 12.2 Å². The van der Waals surface area contributed by atoms with Gasteiger partial charge in [-0.15, -0.1) is 0 Å². The van der Waals surface area contributed by atoms with Gasteiger partial charge >= 0.3 is 5.97 Å². The largest absolute Gasteiger partial charge is 0.506 e. The van der Waals surface area contributed by atoms with Gasteiger partial charge in [-0.25, -0.2) is 0 Å². The molecule has 4 N–H and O–H groups in total. The average Bonchev–Trinajstić information content (AvgIpc) is 2.08. The second-order valence-corrected chi connectivity index (χ2v) is 3.41. The number of pyridine rings is 1. The summed E-state index contributed by atoms with van der Waals surface area (Å²) in [6.45, 7) is 1.42. The molecule has 5 nitrogen and oxygen atoms in total. The van der Waals surface area contributed by atoms with Crippen molar-refractivity contribution in [2.24, 2.45) is 5.73 Å². The van der Waals surface area contributed by atoms with E-state index < -0.39 is 11.5 Å². The fourth-order valence-corrected chi connectivity index (χ4v) is 0.973. The third-order valence-electron chi connectivity index (χ3n) is 1.85. The lowest BCUT2D eigenvalue weighted by Gasteiger charge is -2.18. The molecule has 1 rings (SSSR count). The third kappa shape index (κ3) is 2.43. The lowest BCUT2D eigenvalue weighted by atomic mass is 9.97. The summed E-state index contributed by atoms with van der Waals surface area (Å²) in [4.78, 5) is 14.5. The fourth-order valence-electron chi connectivity index (χ4n) is 0.973. The van der Waals surface area contributed by atoms with Crippen LogP contribution in [0.15, 0.2) is 18.3 Å². The highest BCUT2D eigenvalue weighted by molar-refractivity contribution is 5.78. The van der Waals surface area contributed by atoms with Crippen LogP contribution in [0.4, 0.5) is 0 Å². The van der Waals surface area contributed by atoms with E-state index in [4.69, 9.17) is 15.9 Å². The normalized spacial score (nSPS) is 14.7. The van der Waals surface area contributed by atoms with Crippen molar-refractivity contribution >= 4 is 5.97 Å². The van der Waals surface area contributed by atoms with Crippen LogP contribution in [0.5, 0.6) is 5.75 Å². The molecule has 0 saturated heterocycles. The first-order chi connectivity index (χ1) is 6.42. The molecular weight excluding hydrogens is 184 g/mol. The maximum Gasteiger partial charge on any atom is 0.323 e. The van der Waals surface area contributed by atoms with Crippen LogP contribution in [0.25, 0.3) is 0 Å². The highest BCUT2D eigenvalue weighted by Crippen LogP contribution is 2.11. The zero-order chi connectivity index (χ0) is 10.8. The molecule has 0 bridgehead atoms. The predicted octanol–water partition coefficient (Wildman–Crippen LogP) is 0.132. The standard InChI is InChI=1S/C9H12N2O3/c1-9(10,8(13)14)4-6-2-3-7(12)5-11-6/h2-3,5,12H,4,10H2,1H3,(H,13,14). The van der Waals surface area contributed by atoms with Crippen molar-refractivity contribution in [3.63, 3.8) is 0 Å². The molecule has 76 valence electrons. The maximum atomic E-state index is 10.7. The van der Waals surface area contributed by atoms with Crippen molar-refractivity contribution in [3.8, 4) is 5.75 Å². The zero-order valence-corrected chi connectivity index (χ0v) is 7.77. The van der Waals surface area contributed by atoms with Gasteiger partial charge in [-0.3, -0.25) is 9.78 Å². The number of carboxylic acids is 1. The Morgan fingerprint density at radius 2 is 2.29 bits per heavy atom. The Balaban J connectivity index is 2.79. The Labute approximate surface area is 81.2 Å². The molecule has 1 aromatic heterocycles. The lowest BCUT2D eigenvalue weighted by Crippen LogP contribution is -2.46. The third-order valence-corrected chi connectivity index (χ3v) is 1.85. The van der Waals surface area contributed by atoms with E-state index in [1.165, 1.54) is 19.2 Å². The van der Waals surface area contributed by atoms with Crippen LogP contribution >= 0.6 is 0 Å². The summed E-state index contributed by atoms with van der Waals surface area (Å²) in [5, 5.41) is 17.7. The summed E-state index contributed by atoms with van der Waals surface area (Å²) in [5.41, 5.74) is 4.74. The van der Waals surface area contributed by atoms with Crippen LogP contribution in [0.3, 0.4) is 0 Å². The number of nitrogens with zero attached hydrogens (tertiary/aromatic N) is 1. The van der Waals surface area contributed by atoms with Gasteiger partial charge in [-0.05, 0) is 19.1 Å². The summed E-state index contributed by atoms with van der Waals surface area (Å²) in [6, 6.07) is 2.99. The van der Waals surface area contributed by atoms with E-state index in [9.17, 15) is 4.79 Å². The highest BCUT2D eigenvalue weighted by Gasteiger charge is 2.28. The molecule has 1 heterocycles. The van der Waals surface area contributed by atoms with E-state index in [2.05, 4.69) is 4.98 Å². The van der Waals surface area contributed by atoms with Crippen LogP contribution in [0.2, 0.25) is 0 Å². The number of hydrogen-bond acceptors (Lipinski definition) is 4. The summed E-state index contributed by atoms with van der Waals surface area (Å²) in [6.07, 6.45) is 1.38. The molecule has 1 unspecified atom stereocenters. The molecule has 0 radical (unpaired) electrons. The zero-order valence-electron chi connectivity index (χ0n) is 7.77. The first-order valence-electron chi connectivity index (χ1n) is 4.08. The molecule has 1 atom stereocenters. The van der Waals surface area contributed by atoms with Gasteiger partial charge in [0.1, 0.15) is 11.3 Å². The number of hydrogen-bond donors (Lipinski definition) is 3. The van der Waals surface area contributed by atoms with Crippen LogP contribution in [0.1, 0.15) is 12.6 Å². The van der Waals surface area contributed by atoms with Crippen molar-refractivity contribution in [1.82, 2.24) is 4.98 Å². The fraction of sp³-hybridized carbons (Fsp3) is 0.333. The first-order valence-corrected chi connectivity index (χ1v) is 4.08. The second kappa shape index (κ2) is 3.63. The Morgan fingerprint density at radius 3 is 2.71 bits per heavy atom. The number of carboxylic acid groups (broad SMARTS) is 1. The summed E-state index contributed by atoms with van der Waals surface area (Å²) >= 11 is 0. The van der Waals surface area contributed by atoms with Gasteiger partial charge < -0.3 is 15.9 Å². The highest BCUT2D eigenvalue weighted by atomic mass is 16.4. The molecule has 0 fully saturated rings. The van der Waals surface area contributed by atoms with Crippen molar-refractivity contribution in [2.45, 2.75) is 18.9 Å². The molecule has 0 aliphatic carbocycles. The molecule has 0 spiro atoms. The monoisotopic (exact) mass is 196 g/mol. The van der Waals surface area contributed by atoms with Gasteiger partial charge in [0.2, 0.25) is 0 Å². The van der Waals surface area contributed by atoms with Gasteiger partial charge in [-0.1, -0.05) is 0 Å². The number of nitrogens with two attached hydrogens (primary N) is 1.